The summed E-state index contributed by atoms with van der Waals surface area (Å²) in [6.07, 6.45) is 1.91. The number of hydrogen-bond acceptors (Lipinski definition) is 6. The third-order valence-corrected chi connectivity index (χ3v) is 4.38. The number of rotatable bonds is 8. The average Bonchev–Trinajstić information content (AvgIpc) is 2.92. The first-order valence-electron chi connectivity index (χ1n) is 9.66. The molecule has 0 fully saturated rings. The van der Waals surface area contributed by atoms with E-state index in [9.17, 15) is 9.59 Å². The van der Waals surface area contributed by atoms with Crippen molar-refractivity contribution in [1.82, 2.24) is 9.78 Å². The number of nitrogens with zero attached hydrogens (tertiary/aromatic N) is 2. The van der Waals surface area contributed by atoms with Gasteiger partial charge in [0.05, 0.1) is 30.3 Å². The van der Waals surface area contributed by atoms with E-state index < -0.39 is 18.0 Å². The molecule has 1 N–H and O–H groups in total. The van der Waals surface area contributed by atoms with E-state index in [1.165, 1.54) is 13.0 Å². The predicted molar refractivity (Wildman–Crippen MR) is 115 cm³/mol. The van der Waals surface area contributed by atoms with Gasteiger partial charge >= 0.3 is 5.97 Å². The van der Waals surface area contributed by atoms with Crippen LogP contribution in [0.4, 0.5) is 5.69 Å². The predicted octanol–water partition coefficient (Wildman–Crippen LogP) is 3.42. The highest BCUT2D eigenvalue weighted by Crippen LogP contribution is 2.29. The molecule has 1 heterocycles. The topological polar surface area (TPSA) is 91.7 Å². The minimum atomic E-state index is -0.961. The van der Waals surface area contributed by atoms with Gasteiger partial charge in [0.2, 0.25) is 0 Å². The highest BCUT2D eigenvalue weighted by atomic mass is 16.5. The molecule has 0 bridgehead atoms. The largest absolute Gasteiger partial charge is 0.493 e. The van der Waals surface area contributed by atoms with Gasteiger partial charge in [-0.05, 0) is 58.4 Å². The number of aryl methyl sites for hydroxylation is 2. The number of amides is 1. The van der Waals surface area contributed by atoms with Crippen LogP contribution in [0.3, 0.4) is 0 Å². The maximum atomic E-state index is 12.4. The molecular formula is C22H29N3O5. The maximum Gasteiger partial charge on any atom is 0.331 e. The number of carbonyl (C=O) groups is 2. The van der Waals surface area contributed by atoms with E-state index in [0.717, 1.165) is 11.3 Å². The van der Waals surface area contributed by atoms with Gasteiger partial charge < -0.3 is 19.5 Å². The van der Waals surface area contributed by atoms with E-state index >= 15 is 0 Å². The van der Waals surface area contributed by atoms with Crippen molar-refractivity contribution in [1.29, 1.82) is 0 Å². The first kappa shape index (κ1) is 23.0. The molecule has 0 aliphatic rings. The molecule has 1 aromatic carbocycles. The van der Waals surface area contributed by atoms with Gasteiger partial charge in [0.15, 0.2) is 17.6 Å². The first-order chi connectivity index (χ1) is 14.1. The number of aromatic nitrogens is 2. The maximum absolute atomic E-state index is 12.4. The second-order valence-electron chi connectivity index (χ2n) is 7.15. The third-order valence-electron chi connectivity index (χ3n) is 4.38. The minimum Gasteiger partial charge on any atom is -0.493 e. The summed E-state index contributed by atoms with van der Waals surface area (Å²) in [4.78, 5) is 24.5. The lowest BCUT2D eigenvalue weighted by Gasteiger charge is -2.14. The molecule has 0 unspecified atom stereocenters. The van der Waals surface area contributed by atoms with Gasteiger partial charge in [-0.15, -0.1) is 0 Å². The van der Waals surface area contributed by atoms with Gasteiger partial charge in [-0.25, -0.2) is 4.79 Å². The Morgan fingerprint density at radius 1 is 1.17 bits per heavy atom. The molecule has 0 saturated carbocycles. The Kier molecular flexibility index (Phi) is 7.63. The Morgan fingerprint density at radius 2 is 1.87 bits per heavy atom. The molecule has 8 heteroatoms. The average molecular weight is 415 g/mol. The molecule has 2 rings (SSSR count). The fraction of sp³-hybridized carbons (Fsp3) is 0.409. The van der Waals surface area contributed by atoms with Crippen molar-refractivity contribution in [2.45, 2.75) is 46.8 Å². The Morgan fingerprint density at radius 3 is 2.43 bits per heavy atom. The number of nitrogens with one attached hydrogen (secondary N) is 1. The summed E-state index contributed by atoms with van der Waals surface area (Å²) < 4.78 is 17.9. The fourth-order valence-corrected chi connectivity index (χ4v) is 2.75. The second-order valence-corrected chi connectivity index (χ2v) is 7.15. The van der Waals surface area contributed by atoms with E-state index in [2.05, 4.69) is 10.4 Å². The second kappa shape index (κ2) is 9.96. The zero-order valence-corrected chi connectivity index (χ0v) is 18.5. The zero-order valence-electron chi connectivity index (χ0n) is 18.5. The normalized spacial score (nSPS) is 12.1. The number of anilines is 1. The molecule has 1 aromatic heterocycles. The molecule has 1 amide bonds. The van der Waals surface area contributed by atoms with E-state index in [0.29, 0.717) is 22.9 Å². The highest BCUT2D eigenvalue weighted by molar-refractivity contribution is 5.97. The summed E-state index contributed by atoms with van der Waals surface area (Å²) >= 11 is 0. The van der Waals surface area contributed by atoms with Gasteiger partial charge in [0.25, 0.3) is 5.91 Å². The number of methoxy groups -OCH3 is 1. The van der Waals surface area contributed by atoms with Gasteiger partial charge in [-0.1, -0.05) is 6.07 Å². The summed E-state index contributed by atoms with van der Waals surface area (Å²) in [5, 5.41) is 7.01. The monoisotopic (exact) mass is 415 g/mol. The summed E-state index contributed by atoms with van der Waals surface area (Å²) in [5.41, 5.74) is 2.87. The molecule has 162 valence electrons. The van der Waals surface area contributed by atoms with Crippen LogP contribution in [0.1, 0.15) is 37.7 Å². The van der Waals surface area contributed by atoms with Crippen LogP contribution < -0.4 is 14.8 Å². The van der Waals surface area contributed by atoms with Crippen LogP contribution in [0.5, 0.6) is 11.5 Å². The summed E-state index contributed by atoms with van der Waals surface area (Å²) in [7, 11) is 3.35. The van der Waals surface area contributed by atoms with Crippen molar-refractivity contribution in [2.24, 2.45) is 7.05 Å². The summed E-state index contributed by atoms with van der Waals surface area (Å²) in [6, 6.07) is 5.33. The van der Waals surface area contributed by atoms with Gasteiger partial charge in [-0.2, -0.15) is 5.10 Å². The Balaban J connectivity index is 1.99. The smallest absolute Gasteiger partial charge is 0.331 e. The van der Waals surface area contributed by atoms with Crippen LogP contribution >= 0.6 is 0 Å². The van der Waals surface area contributed by atoms with Gasteiger partial charge in [-0.3, -0.25) is 9.48 Å². The lowest BCUT2D eigenvalue weighted by Crippen LogP contribution is -2.29. The standard InChI is InChI=1S/C22H29N3O5/c1-13(2)29-18-10-8-17(12-19(18)28-7)9-11-20(26)30-16(5)22(27)23-21-14(3)24-25(6)15(21)4/h8-13,16H,1-7H3,(H,23,27)/b11-9+/t16-/m0/s1. The van der Waals surface area contributed by atoms with E-state index in [1.54, 1.807) is 50.0 Å². The van der Waals surface area contributed by atoms with Crippen molar-refractivity contribution >= 4 is 23.6 Å². The molecule has 0 aliphatic carbocycles. The fourth-order valence-electron chi connectivity index (χ4n) is 2.75. The molecule has 1 atom stereocenters. The lowest BCUT2D eigenvalue weighted by molar-refractivity contribution is -0.148. The van der Waals surface area contributed by atoms with Crippen LogP contribution in [-0.4, -0.2) is 41.0 Å². The molecular weight excluding hydrogens is 386 g/mol. The molecule has 8 nitrogen and oxygen atoms in total. The minimum absolute atomic E-state index is 0.0159. The third kappa shape index (κ3) is 5.85. The SMILES string of the molecule is COc1cc(/C=C/C(=O)O[C@@H](C)C(=O)Nc2c(C)nn(C)c2C)ccc1OC(C)C. The molecule has 30 heavy (non-hydrogen) atoms. The number of benzene rings is 1. The van der Waals surface area contributed by atoms with Crippen molar-refractivity contribution in [3.63, 3.8) is 0 Å². The molecule has 0 spiro atoms. The Labute approximate surface area is 176 Å². The van der Waals surface area contributed by atoms with E-state index in [-0.39, 0.29) is 6.10 Å². The number of hydrogen-bond donors (Lipinski definition) is 1. The van der Waals surface area contributed by atoms with Crippen molar-refractivity contribution in [2.75, 3.05) is 12.4 Å². The Hall–Kier alpha value is -3.29. The molecule has 0 radical (unpaired) electrons. The first-order valence-corrected chi connectivity index (χ1v) is 9.66. The van der Waals surface area contributed by atoms with Crippen molar-refractivity contribution < 1.29 is 23.8 Å². The summed E-state index contributed by atoms with van der Waals surface area (Å²) in [5.74, 6) is 0.138. The molecule has 0 saturated heterocycles. The number of ether oxygens (including phenoxy) is 3. The Bertz CT molecular complexity index is 946. The van der Waals surface area contributed by atoms with Crippen LogP contribution in [0, 0.1) is 13.8 Å². The zero-order chi connectivity index (χ0) is 22.4. The number of esters is 1. The van der Waals surface area contributed by atoms with Crippen molar-refractivity contribution in [3.05, 3.63) is 41.2 Å². The van der Waals surface area contributed by atoms with Gasteiger partial charge in [0, 0.05) is 13.1 Å². The van der Waals surface area contributed by atoms with E-state index in [1.807, 2.05) is 20.8 Å². The quantitative estimate of drug-likeness (QED) is 0.525. The number of carbonyl (C=O) groups excluding carboxylic acids is 2. The van der Waals surface area contributed by atoms with Crippen LogP contribution in [-0.2, 0) is 21.4 Å². The van der Waals surface area contributed by atoms with Crippen molar-refractivity contribution in [3.8, 4) is 11.5 Å². The van der Waals surface area contributed by atoms with Crippen LogP contribution in [0.25, 0.3) is 6.08 Å². The summed E-state index contributed by atoms with van der Waals surface area (Å²) in [6.45, 7) is 9.02. The van der Waals surface area contributed by atoms with Gasteiger partial charge in [0.1, 0.15) is 0 Å². The van der Waals surface area contributed by atoms with Crippen LogP contribution in [0.2, 0.25) is 0 Å². The van der Waals surface area contributed by atoms with E-state index in [4.69, 9.17) is 14.2 Å². The van der Waals surface area contributed by atoms with Crippen LogP contribution in [0.15, 0.2) is 24.3 Å². The lowest BCUT2D eigenvalue weighted by atomic mass is 10.2. The molecule has 0 aliphatic heterocycles. The molecule has 2 aromatic rings. The highest BCUT2D eigenvalue weighted by Gasteiger charge is 2.20.